The highest BCUT2D eigenvalue weighted by atomic mass is 16.2. The van der Waals surface area contributed by atoms with Crippen molar-refractivity contribution in [1.29, 1.82) is 5.26 Å². The Kier molecular flexibility index (Phi) is 2.94. The first-order valence-corrected chi connectivity index (χ1v) is 7.96. The van der Waals surface area contributed by atoms with Gasteiger partial charge in [0.2, 0.25) is 5.91 Å². The van der Waals surface area contributed by atoms with Crippen molar-refractivity contribution >= 4 is 5.91 Å². The summed E-state index contributed by atoms with van der Waals surface area (Å²) >= 11 is 0. The summed E-state index contributed by atoms with van der Waals surface area (Å²) in [6.07, 6.45) is 7.10. The summed E-state index contributed by atoms with van der Waals surface area (Å²) in [5, 5.41) is 11.9. The summed E-state index contributed by atoms with van der Waals surface area (Å²) in [4.78, 5) is 12.8. The molecule has 4 aliphatic rings. The number of amides is 1. The first kappa shape index (κ1) is 13.9. The van der Waals surface area contributed by atoms with Crippen molar-refractivity contribution in [2.45, 2.75) is 59.3 Å². The number of hydrogen-bond donors (Lipinski definition) is 1. The lowest BCUT2D eigenvalue weighted by Gasteiger charge is -2.64. The fourth-order valence-electron chi connectivity index (χ4n) is 6.18. The van der Waals surface area contributed by atoms with Gasteiger partial charge in [0.1, 0.15) is 0 Å². The number of rotatable bonds is 3. The molecule has 0 radical (unpaired) electrons. The highest BCUT2D eigenvalue weighted by Crippen LogP contribution is 2.69. The Morgan fingerprint density at radius 2 is 1.85 bits per heavy atom. The second-order valence-corrected chi connectivity index (χ2v) is 8.65. The lowest BCUT2D eigenvalue weighted by Crippen LogP contribution is -2.60. The zero-order valence-electron chi connectivity index (χ0n) is 13.0. The van der Waals surface area contributed by atoms with E-state index in [-0.39, 0.29) is 17.2 Å². The van der Waals surface area contributed by atoms with Crippen molar-refractivity contribution in [1.82, 2.24) is 5.32 Å². The molecule has 0 heterocycles. The molecule has 20 heavy (non-hydrogen) atoms. The molecule has 1 amide bonds. The highest BCUT2D eigenvalue weighted by Gasteiger charge is 2.62. The molecular weight excluding hydrogens is 248 g/mol. The van der Waals surface area contributed by atoms with Crippen LogP contribution in [0.25, 0.3) is 0 Å². The van der Waals surface area contributed by atoms with E-state index in [1.807, 2.05) is 6.92 Å². The predicted octanol–water partition coefficient (Wildman–Crippen LogP) is 3.26. The Morgan fingerprint density at radius 1 is 1.25 bits per heavy atom. The Bertz CT molecular complexity index is 460. The van der Waals surface area contributed by atoms with E-state index in [4.69, 9.17) is 5.26 Å². The molecule has 4 bridgehead atoms. The van der Waals surface area contributed by atoms with Gasteiger partial charge in [0.25, 0.3) is 0 Å². The lowest BCUT2D eigenvalue weighted by atomic mass is 9.40. The van der Waals surface area contributed by atoms with E-state index in [2.05, 4.69) is 25.2 Å². The number of nitriles is 1. The van der Waals surface area contributed by atoms with E-state index in [0.29, 0.717) is 17.4 Å². The molecule has 0 aromatic carbocycles. The van der Waals surface area contributed by atoms with Crippen molar-refractivity contribution in [3.8, 4) is 6.07 Å². The first-order valence-electron chi connectivity index (χ1n) is 7.96. The summed E-state index contributed by atoms with van der Waals surface area (Å²) in [5.41, 5.74) is 0.594. The van der Waals surface area contributed by atoms with Gasteiger partial charge in [0, 0.05) is 6.54 Å². The van der Waals surface area contributed by atoms with Crippen molar-refractivity contribution in [3.05, 3.63) is 0 Å². The van der Waals surface area contributed by atoms with Gasteiger partial charge < -0.3 is 5.32 Å². The van der Waals surface area contributed by atoms with Gasteiger partial charge in [-0.2, -0.15) is 5.26 Å². The topological polar surface area (TPSA) is 52.9 Å². The average molecular weight is 274 g/mol. The van der Waals surface area contributed by atoms with Crippen molar-refractivity contribution in [3.63, 3.8) is 0 Å². The standard InChI is InChI=1S/C17H26N2O/c1-12(7-18)8-19-14(20)17-6-13-4-15(2,10-17)9-16(3,5-13)11-17/h12-13H,4-6,8-11H2,1-3H3,(H,19,20). The van der Waals surface area contributed by atoms with Crippen LogP contribution in [0.2, 0.25) is 0 Å². The van der Waals surface area contributed by atoms with E-state index in [1.54, 1.807) is 0 Å². The molecule has 4 fully saturated rings. The summed E-state index contributed by atoms with van der Waals surface area (Å²) < 4.78 is 0. The quantitative estimate of drug-likeness (QED) is 0.858. The molecule has 4 saturated carbocycles. The molecule has 3 heteroatoms. The van der Waals surface area contributed by atoms with Crippen LogP contribution in [0.1, 0.15) is 59.3 Å². The third kappa shape index (κ3) is 2.14. The maximum Gasteiger partial charge on any atom is 0.226 e. The van der Waals surface area contributed by atoms with Gasteiger partial charge in [0.15, 0.2) is 0 Å². The zero-order valence-corrected chi connectivity index (χ0v) is 13.0. The van der Waals surface area contributed by atoms with Gasteiger partial charge in [0.05, 0.1) is 17.4 Å². The number of nitrogens with one attached hydrogen (secondary N) is 1. The summed E-state index contributed by atoms with van der Waals surface area (Å²) in [6.45, 7) is 7.13. The van der Waals surface area contributed by atoms with E-state index >= 15 is 0 Å². The van der Waals surface area contributed by atoms with Crippen LogP contribution in [-0.2, 0) is 4.79 Å². The number of nitrogens with zero attached hydrogens (tertiary/aromatic N) is 1. The molecule has 0 aliphatic heterocycles. The SMILES string of the molecule is CC(C#N)CNC(=O)C12CC3CC(C)(CC(C)(C3)C1)C2. The Hall–Kier alpha value is -1.04. The minimum absolute atomic E-state index is 0.0981. The van der Waals surface area contributed by atoms with Gasteiger partial charge in [-0.05, 0) is 62.2 Å². The van der Waals surface area contributed by atoms with Gasteiger partial charge in [-0.1, -0.05) is 13.8 Å². The lowest BCUT2D eigenvalue weighted by molar-refractivity contribution is -0.170. The number of carbonyl (C=O) groups excluding carboxylic acids is 1. The van der Waals surface area contributed by atoms with E-state index in [9.17, 15) is 4.79 Å². The van der Waals surface area contributed by atoms with Crippen molar-refractivity contribution < 1.29 is 4.79 Å². The van der Waals surface area contributed by atoms with Crippen LogP contribution in [0.5, 0.6) is 0 Å². The molecule has 4 aliphatic carbocycles. The molecule has 0 aromatic rings. The molecule has 3 nitrogen and oxygen atoms in total. The van der Waals surface area contributed by atoms with Crippen LogP contribution in [-0.4, -0.2) is 12.5 Å². The molecule has 0 aromatic heterocycles. The number of carbonyl (C=O) groups is 1. The maximum absolute atomic E-state index is 12.8. The molecule has 3 atom stereocenters. The van der Waals surface area contributed by atoms with Crippen molar-refractivity contribution in [2.75, 3.05) is 6.54 Å². The summed E-state index contributed by atoms with van der Waals surface area (Å²) in [7, 11) is 0. The fraction of sp³-hybridized carbons (Fsp3) is 0.882. The molecule has 0 spiro atoms. The third-order valence-electron chi connectivity index (χ3n) is 5.90. The van der Waals surface area contributed by atoms with E-state index in [0.717, 1.165) is 25.2 Å². The monoisotopic (exact) mass is 274 g/mol. The Morgan fingerprint density at radius 3 is 2.35 bits per heavy atom. The minimum atomic E-state index is -0.141. The first-order chi connectivity index (χ1) is 9.28. The van der Waals surface area contributed by atoms with Crippen LogP contribution in [0, 0.1) is 39.4 Å². The molecule has 3 unspecified atom stereocenters. The molecule has 4 rings (SSSR count). The largest absolute Gasteiger partial charge is 0.354 e. The second-order valence-electron chi connectivity index (χ2n) is 8.65. The van der Waals surface area contributed by atoms with E-state index < -0.39 is 0 Å². The second kappa shape index (κ2) is 4.23. The third-order valence-corrected chi connectivity index (χ3v) is 5.90. The van der Waals surface area contributed by atoms with Crippen LogP contribution in [0.15, 0.2) is 0 Å². The smallest absolute Gasteiger partial charge is 0.226 e. The Balaban J connectivity index is 1.79. The molecule has 110 valence electrons. The van der Waals surface area contributed by atoms with Crippen LogP contribution in [0.4, 0.5) is 0 Å². The van der Waals surface area contributed by atoms with Crippen LogP contribution >= 0.6 is 0 Å². The highest BCUT2D eigenvalue weighted by molar-refractivity contribution is 5.83. The average Bonchev–Trinajstić information content (AvgIpc) is 2.30. The Labute approximate surface area is 122 Å². The maximum atomic E-state index is 12.8. The normalized spacial score (nSPS) is 46.8. The van der Waals surface area contributed by atoms with Crippen LogP contribution < -0.4 is 5.32 Å². The van der Waals surface area contributed by atoms with Gasteiger partial charge >= 0.3 is 0 Å². The van der Waals surface area contributed by atoms with Gasteiger partial charge in [-0.3, -0.25) is 4.79 Å². The van der Waals surface area contributed by atoms with E-state index in [1.165, 1.54) is 19.3 Å². The molecular formula is C17H26N2O. The molecule has 0 saturated heterocycles. The number of hydrogen-bond acceptors (Lipinski definition) is 2. The summed E-state index contributed by atoms with van der Waals surface area (Å²) in [5.74, 6) is 0.862. The van der Waals surface area contributed by atoms with Crippen LogP contribution in [0.3, 0.4) is 0 Å². The molecule has 1 N–H and O–H groups in total. The van der Waals surface area contributed by atoms with Gasteiger partial charge in [-0.25, -0.2) is 0 Å². The predicted molar refractivity (Wildman–Crippen MR) is 77.6 cm³/mol. The van der Waals surface area contributed by atoms with Crippen molar-refractivity contribution in [2.24, 2.45) is 28.1 Å². The summed E-state index contributed by atoms with van der Waals surface area (Å²) in [6, 6.07) is 2.19. The minimum Gasteiger partial charge on any atom is -0.354 e. The zero-order chi connectivity index (χ0) is 14.6. The van der Waals surface area contributed by atoms with Gasteiger partial charge in [-0.15, -0.1) is 0 Å². The fourth-order valence-corrected chi connectivity index (χ4v) is 6.18.